The maximum Gasteiger partial charge on any atom is 0.323 e. The summed E-state index contributed by atoms with van der Waals surface area (Å²) in [5.41, 5.74) is 2.52. The number of urea groups is 1. The molecule has 0 aliphatic rings. The van der Waals surface area contributed by atoms with E-state index in [-0.39, 0.29) is 12.1 Å². The van der Waals surface area contributed by atoms with E-state index in [4.69, 9.17) is 4.74 Å². The molecule has 140 valence electrons. The minimum atomic E-state index is -0.303. The molecule has 0 atom stereocenters. The monoisotopic (exact) mass is 418 g/mol. The summed E-state index contributed by atoms with van der Waals surface area (Å²) in [6, 6.07) is 13.0. The van der Waals surface area contributed by atoms with Crippen molar-refractivity contribution in [3.05, 3.63) is 52.5 Å². The topological polar surface area (TPSA) is 50.4 Å². The van der Waals surface area contributed by atoms with Gasteiger partial charge in [0.25, 0.3) is 0 Å². The predicted molar refractivity (Wildman–Crippen MR) is 112 cm³/mol. The Morgan fingerprint density at radius 2 is 1.58 bits per heavy atom. The zero-order valence-electron chi connectivity index (χ0n) is 16.0. The van der Waals surface area contributed by atoms with Gasteiger partial charge in [-0.15, -0.1) is 0 Å². The van der Waals surface area contributed by atoms with Crippen molar-refractivity contribution in [2.75, 3.05) is 10.6 Å². The van der Waals surface area contributed by atoms with E-state index in [1.807, 2.05) is 49.4 Å². The number of nitrogens with one attached hydrogen (secondary N) is 2. The summed E-state index contributed by atoms with van der Waals surface area (Å²) >= 11 is 3.46. The number of anilines is 2. The van der Waals surface area contributed by atoms with Gasteiger partial charge in [-0.3, -0.25) is 0 Å². The van der Waals surface area contributed by atoms with E-state index in [1.54, 1.807) is 0 Å². The second-order valence-corrected chi connectivity index (χ2v) is 8.07. The van der Waals surface area contributed by atoms with E-state index in [2.05, 4.69) is 54.3 Å². The molecule has 5 heteroatoms. The summed E-state index contributed by atoms with van der Waals surface area (Å²) in [6.07, 6.45) is 0.0666. The fraction of sp³-hybridized carbons (Fsp3) is 0.381. The summed E-state index contributed by atoms with van der Waals surface area (Å²) in [5, 5.41) is 5.73. The highest BCUT2D eigenvalue weighted by Crippen LogP contribution is 2.31. The lowest BCUT2D eigenvalue weighted by Crippen LogP contribution is -2.29. The molecule has 0 radical (unpaired) electrons. The highest BCUT2D eigenvalue weighted by molar-refractivity contribution is 9.10. The molecule has 0 aliphatic heterocycles. The van der Waals surface area contributed by atoms with Crippen molar-refractivity contribution in [1.29, 1.82) is 0 Å². The molecule has 0 fully saturated rings. The van der Waals surface area contributed by atoms with E-state index in [1.165, 1.54) is 0 Å². The largest absolute Gasteiger partial charge is 0.488 e. The van der Waals surface area contributed by atoms with Crippen molar-refractivity contribution >= 4 is 33.3 Å². The third-order valence-electron chi connectivity index (χ3n) is 4.08. The van der Waals surface area contributed by atoms with Crippen LogP contribution in [-0.4, -0.2) is 12.1 Å². The molecule has 0 saturated heterocycles. The molecule has 0 aromatic heterocycles. The summed E-state index contributed by atoms with van der Waals surface area (Å²) in [4.78, 5) is 12.4. The van der Waals surface area contributed by atoms with Gasteiger partial charge in [-0.1, -0.05) is 61.3 Å². The Labute approximate surface area is 164 Å². The lowest BCUT2D eigenvalue weighted by molar-refractivity contribution is 0.106. The molecule has 0 bridgehead atoms. The van der Waals surface area contributed by atoms with Crippen molar-refractivity contribution < 1.29 is 9.53 Å². The highest BCUT2D eigenvalue weighted by atomic mass is 79.9. The van der Waals surface area contributed by atoms with Crippen LogP contribution in [0.5, 0.6) is 5.75 Å². The van der Waals surface area contributed by atoms with Crippen LogP contribution in [0.4, 0.5) is 16.2 Å². The fourth-order valence-corrected chi connectivity index (χ4v) is 3.17. The molecule has 2 N–H and O–H groups in total. The molecule has 0 heterocycles. The molecule has 2 amide bonds. The first-order valence-corrected chi connectivity index (χ1v) is 9.66. The summed E-state index contributed by atoms with van der Waals surface area (Å²) in [7, 11) is 0. The average Bonchev–Trinajstić information content (AvgIpc) is 2.55. The van der Waals surface area contributed by atoms with Crippen molar-refractivity contribution in [2.45, 2.75) is 40.7 Å². The fourth-order valence-electron chi connectivity index (χ4n) is 2.81. The molecular formula is C21H27BrN2O2. The third-order valence-corrected chi connectivity index (χ3v) is 4.57. The van der Waals surface area contributed by atoms with Gasteiger partial charge in [-0.25, -0.2) is 4.79 Å². The predicted octanol–water partition coefficient (Wildman–Crippen LogP) is 6.46. The van der Waals surface area contributed by atoms with Gasteiger partial charge >= 0.3 is 6.03 Å². The summed E-state index contributed by atoms with van der Waals surface area (Å²) in [5.74, 6) is 1.40. The molecular weight excluding hydrogens is 392 g/mol. The van der Waals surface area contributed by atoms with Crippen LogP contribution in [0.15, 0.2) is 46.9 Å². The van der Waals surface area contributed by atoms with Gasteiger partial charge in [0, 0.05) is 10.2 Å². The van der Waals surface area contributed by atoms with Crippen LogP contribution in [-0.2, 0) is 0 Å². The normalized spacial score (nSPS) is 11.1. The van der Waals surface area contributed by atoms with Crippen LogP contribution in [0.1, 0.15) is 33.3 Å². The Balaban J connectivity index is 2.15. The number of ether oxygens (including phenoxy) is 1. The van der Waals surface area contributed by atoms with E-state index < -0.39 is 0 Å². The third kappa shape index (κ3) is 5.77. The average molecular weight is 419 g/mol. The zero-order valence-corrected chi connectivity index (χ0v) is 17.6. The van der Waals surface area contributed by atoms with Crippen molar-refractivity contribution in [2.24, 2.45) is 11.8 Å². The van der Waals surface area contributed by atoms with E-state index in [0.29, 0.717) is 23.3 Å². The minimum Gasteiger partial charge on any atom is -0.488 e. The van der Waals surface area contributed by atoms with Crippen LogP contribution in [0.25, 0.3) is 0 Å². The molecule has 4 nitrogen and oxygen atoms in total. The molecule has 2 aromatic rings. The Hall–Kier alpha value is -2.01. The quantitative estimate of drug-likeness (QED) is 0.565. The second-order valence-electron chi connectivity index (χ2n) is 7.16. The maximum absolute atomic E-state index is 12.4. The number of hydrogen-bond acceptors (Lipinski definition) is 2. The number of rotatable bonds is 6. The first kappa shape index (κ1) is 20.3. The van der Waals surface area contributed by atoms with Gasteiger partial charge in [-0.2, -0.15) is 0 Å². The SMILES string of the molecule is Cc1ccc(NC(=O)Nc2cc(Br)ccc2OC(C(C)C)C(C)C)cc1. The molecule has 0 saturated carbocycles. The van der Waals surface area contributed by atoms with E-state index in [9.17, 15) is 4.79 Å². The van der Waals surface area contributed by atoms with Gasteiger partial charge in [0.05, 0.1) is 5.69 Å². The summed E-state index contributed by atoms with van der Waals surface area (Å²) in [6.45, 7) is 10.6. The standard InChI is InChI=1S/C21H27BrN2O2/c1-13(2)20(14(3)4)26-19-11-8-16(22)12-18(19)24-21(25)23-17-9-6-15(5)7-10-17/h6-14,20H,1-5H3,(H2,23,24,25). The van der Waals surface area contributed by atoms with Crippen molar-refractivity contribution in [1.82, 2.24) is 0 Å². The number of carbonyl (C=O) groups is 1. The van der Waals surface area contributed by atoms with Gasteiger partial charge < -0.3 is 15.4 Å². The van der Waals surface area contributed by atoms with Crippen LogP contribution >= 0.6 is 15.9 Å². The highest BCUT2D eigenvalue weighted by Gasteiger charge is 2.21. The molecule has 0 spiro atoms. The number of amides is 2. The molecule has 2 rings (SSSR count). The summed E-state index contributed by atoms with van der Waals surface area (Å²) < 4.78 is 7.10. The van der Waals surface area contributed by atoms with Gasteiger partial charge in [0.2, 0.25) is 0 Å². The number of hydrogen-bond donors (Lipinski definition) is 2. The van der Waals surface area contributed by atoms with Crippen LogP contribution in [0, 0.1) is 18.8 Å². The lowest BCUT2D eigenvalue weighted by Gasteiger charge is -2.27. The van der Waals surface area contributed by atoms with E-state index in [0.717, 1.165) is 15.7 Å². The molecule has 0 aliphatic carbocycles. The van der Waals surface area contributed by atoms with Gasteiger partial charge in [0.15, 0.2) is 0 Å². The Morgan fingerprint density at radius 1 is 0.962 bits per heavy atom. The second kappa shape index (κ2) is 9.08. The maximum atomic E-state index is 12.4. The number of halogens is 1. The molecule has 26 heavy (non-hydrogen) atoms. The zero-order chi connectivity index (χ0) is 19.3. The Bertz CT molecular complexity index is 734. The minimum absolute atomic E-state index is 0.0666. The van der Waals surface area contributed by atoms with Crippen LogP contribution in [0.2, 0.25) is 0 Å². The van der Waals surface area contributed by atoms with Crippen LogP contribution in [0.3, 0.4) is 0 Å². The van der Waals surface area contributed by atoms with E-state index >= 15 is 0 Å². The number of aryl methyl sites for hydroxylation is 1. The van der Waals surface area contributed by atoms with Crippen LogP contribution < -0.4 is 15.4 Å². The van der Waals surface area contributed by atoms with Gasteiger partial charge in [-0.05, 0) is 49.1 Å². The van der Waals surface area contributed by atoms with Crippen molar-refractivity contribution in [3.63, 3.8) is 0 Å². The Kier molecular flexibility index (Phi) is 7.09. The van der Waals surface area contributed by atoms with Gasteiger partial charge in [0.1, 0.15) is 11.9 Å². The molecule has 2 aromatic carbocycles. The smallest absolute Gasteiger partial charge is 0.323 e. The van der Waals surface area contributed by atoms with Crippen molar-refractivity contribution in [3.8, 4) is 5.75 Å². The Morgan fingerprint density at radius 3 is 2.15 bits per heavy atom. The number of benzene rings is 2. The number of carbonyl (C=O) groups excluding carboxylic acids is 1. The first-order chi connectivity index (χ1) is 12.3. The first-order valence-electron chi connectivity index (χ1n) is 8.87. The molecule has 0 unspecified atom stereocenters. The lowest BCUT2D eigenvalue weighted by atomic mass is 9.96.